The minimum atomic E-state index is -0.619. The van der Waals surface area contributed by atoms with Gasteiger partial charge < -0.3 is 18.4 Å². The summed E-state index contributed by atoms with van der Waals surface area (Å²) < 4.78 is 23.1. The smallest absolute Gasteiger partial charge is 0.374 e. The highest BCUT2D eigenvalue weighted by Gasteiger charge is 2.17. The molecule has 0 spiro atoms. The van der Waals surface area contributed by atoms with Gasteiger partial charge in [0.15, 0.2) is 6.61 Å². The predicted molar refractivity (Wildman–Crippen MR) is 100 cm³/mol. The highest BCUT2D eigenvalue weighted by atomic mass is 16.6. The number of para-hydroxylation sites is 1. The van der Waals surface area contributed by atoms with Crippen molar-refractivity contribution in [2.24, 2.45) is 0 Å². The molecule has 3 heterocycles. The Morgan fingerprint density at radius 3 is 2.90 bits per heavy atom. The predicted octanol–water partition coefficient (Wildman–Crippen LogP) is 3.33. The summed E-state index contributed by atoms with van der Waals surface area (Å²) in [6.45, 7) is 2.67. The van der Waals surface area contributed by atoms with E-state index in [-0.39, 0.29) is 18.3 Å². The van der Waals surface area contributed by atoms with E-state index in [9.17, 15) is 4.79 Å². The van der Waals surface area contributed by atoms with Gasteiger partial charge >= 0.3 is 5.97 Å². The van der Waals surface area contributed by atoms with E-state index < -0.39 is 5.97 Å². The maximum absolute atomic E-state index is 12.2. The lowest BCUT2D eigenvalue weighted by molar-refractivity contribution is 0.0391. The Morgan fingerprint density at radius 2 is 2.07 bits per heavy atom. The quantitative estimate of drug-likeness (QED) is 0.419. The van der Waals surface area contributed by atoms with Crippen molar-refractivity contribution in [3.63, 3.8) is 0 Å². The van der Waals surface area contributed by atoms with Gasteiger partial charge in [-0.25, -0.2) is 4.79 Å². The summed E-state index contributed by atoms with van der Waals surface area (Å²) in [5.41, 5.74) is 0.699. The summed E-state index contributed by atoms with van der Waals surface area (Å²) in [6, 6.07) is 12.4. The van der Waals surface area contributed by atoms with Gasteiger partial charge in [0.25, 0.3) is 5.89 Å². The zero-order valence-electron chi connectivity index (χ0n) is 15.6. The molecule has 9 heteroatoms. The number of esters is 1. The summed E-state index contributed by atoms with van der Waals surface area (Å²) in [5.74, 6) is 1.25. The second-order valence-electron chi connectivity index (χ2n) is 5.99. The number of hydrogen-bond donors (Lipinski definition) is 0. The molecule has 0 aliphatic rings. The molecule has 0 fully saturated rings. The van der Waals surface area contributed by atoms with Crippen LogP contribution in [0.25, 0.3) is 11.4 Å². The third-order valence-electron chi connectivity index (χ3n) is 3.96. The van der Waals surface area contributed by atoms with Crippen molar-refractivity contribution in [3.8, 4) is 17.1 Å². The zero-order chi connectivity index (χ0) is 20.1. The van der Waals surface area contributed by atoms with Crippen LogP contribution in [0.3, 0.4) is 0 Å². The van der Waals surface area contributed by atoms with E-state index in [2.05, 4.69) is 15.2 Å². The van der Waals surface area contributed by atoms with Crippen LogP contribution in [-0.4, -0.2) is 32.5 Å². The second-order valence-corrected chi connectivity index (χ2v) is 5.99. The lowest BCUT2D eigenvalue weighted by Gasteiger charge is -2.06. The largest absolute Gasteiger partial charge is 0.493 e. The standard InChI is InChI=1S/C20H18N4O5/c1-2-26-16-7-4-3-6-15(16)19-22-18(29-23-19)13-27-20(25)17-9-8-14(28-17)12-24-11-5-10-21-24/h3-11H,2,12-13H2,1H3. The van der Waals surface area contributed by atoms with Crippen LogP contribution in [-0.2, 0) is 17.9 Å². The molecule has 29 heavy (non-hydrogen) atoms. The first-order valence-corrected chi connectivity index (χ1v) is 9.01. The van der Waals surface area contributed by atoms with Crippen LogP contribution in [0.2, 0.25) is 0 Å². The van der Waals surface area contributed by atoms with Crippen LogP contribution < -0.4 is 4.74 Å². The van der Waals surface area contributed by atoms with Gasteiger partial charge in [-0.1, -0.05) is 17.3 Å². The Bertz CT molecular complexity index is 1080. The molecule has 0 atom stereocenters. The van der Waals surface area contributed by atoms with Crippen molar-refractivity contribution in [3.05, 3.63) is 72.3 Å². The lowest BCUT2D eigenvalue weighted by atomic mass is 10.2. The number of ether oxygens (including phenoxy) is 2. The van der Waals surface area contributed by atoms with E-state index in [0.717, 1.165) is 0 Å². The molecular weight excluding hydrogens is 376 g/mol. The Labute approximate surface area is 165 Å². The first-order valence-electron chi connectivity index (χ1n) is 9.01. The molecule has 0 aliphatic heterocycles. The molecule has 4 rings (SSSR count). The van der Waals surface area contributed by atoms with E-state index in [1.54, 1.807) is 29.2 Å². The first kappa shape index (κ1) is 18.5. The lowest BCUT2D eigenvalue weighted by Crippen LogP contribution is -2.04. The molecule has 0 unspecified atom stereocenters. The van der Waals surface area contributed by atoms with E-state index >= 15 is 0 Å². The maximum Gasteiger partial charge on any atom is 0.374 e. The molecule has 0 radical (unpaired) electrons. The van der Waals surface area contributed by atoms with Crippen LogP contribution >= 0.6 is 0 Å². The Morgan fingerprint density at radius 1 is 1.17 bits per heavy atom. The fourth-order valence-corrected chi connectivity index (χ4v) is 2.68. The van der Waals surface area contributed by atoms with Gasteiger partial charge in [0.05, 0.1) is 18.7 Å². The van der Waals surface area contributed by atoms with Crippen molar-refractivity contribution < 1.29 is 23.2 Å². The molecule has 4 aromatic rings. The van der Waals surface area contributed by atoms with E-state index in [0.29, 0.717) is 36.0 Å². The highest BCUT2D eigenvalue weighted by Crippen LogP contribution is 2.27. The molecule has 0 amide bonds. The molecule has 0 bridgehead atoms. The van der Waals surface area contributed by atoms with Gasteiger partial charge in [-0.05, 0) is 37.3 Å². The molecule has 0 aliphatic carbocycles. The van der Waals surface area contributed by atoms with Crippen LogP contribution in [0.4, 0.5) is 0 Å². The first-order chi connectivity index (χ1) is 14.2. The number of nitrogens with zero attached hydrogens (tertiary/aromatic N) is 4. The molecule has 148 valence electrons. The van der Waals surface area contributed by atoms with E-state index in [1.807, 2.05) is 37.3 Å². The normalized spacial score (nSPS) is 10.8. The van der Waals surface area contributed by atoms with Gasteiger partial charge in [-0.2, -0.15) is 10.1 Å². The van der Waals surface area contributed by atoms with Crippen molar-refractivity contribution in [1.82, 2.24) is 19.9 Å². The summed E-state index contributed by atoms with van der Waals surface area (Å²) in [5, 5.41) is 8.03. The number of carbonyl (C=O) groups excluding carboxylic acids is 1. The molecular formula is C20H18N4O5. The van der Waals surface area contributed by atoms with Gasteiger partial charge in [-0.15, -0.1) is 0 Å². The van der Waals surface area contributed by atoms with Crippen LogP contribution in [0.15, 0.2) is 63.8 Å². The summed E-state index contributed by atoms with van der Waals surface area (Å²) >= 11 is 0. The second kappa shape index (κ2) is 8.42. The van der Waals surface area contributed by atoms with Crippen LogP contribution in [0.1, 0.15) is 29.1 Å². The van der Waals surface area contributed by atoms with Gasteiger partial charge in [-0.3, -0.25) is 4.68 Å². The summed E-state index contributed by atoms with van der Waals surface area (Å²) in [4.78, 5) is 16.5. The minimum absolute atomic E-state index is 0.0913. The van der Waals surface area contributed by atoms with Crippen molar-refractivity contribution in [1.29, 1.82) is 0 Å². The van der Waals surface area contributed by atoms with Crippen molar-refractivity contribution in [2.75, 3.05) is 6.61 Å². The Kier molecular flexibility index (Phi) is 5.37. The third-order valence-corrected chi connectivity index (χ3v) is 3.96. The SMILES string of the molecule is CCOc1ccccc1-c1noc(COC(=O)c2ccc(Cn3cccn3)o2)n1. The number of benzene rings is 1. The third kappa shape index (κ3) is 4.34. The fourth-order valence-electron chi connectivity index (χ4n) is 2.68. The average Bonchev–Trinajstić information content (AvgIpc) is 3.49. The van der Waals surface area contributed by atoms with Crippen LogP contribution in [0, 0.1) is 0 Å². The Hall–Kier alpha value is -3.88. The topological polar surface area (TPSA) is 105 Å². The van der Waals surface area contributed by atoms with Gasteiger partial charge in [0, 0.05) is 12.4 Å². The number of rotatable bonds is 8. The van der Waals surface area contributed by atoms with Gasteiger partial charge in [0.1, 0.15) is 11.5 Å². The number of aromatic nitrogens is 4. The molecule has 9 nitrogen and oxygen atoms in total. The maximum atomic E-state index is 12.2. The molecule has 3 aromatic heterocycles. The summed E-state index contributed by atoms with van der Waals surface area (Å²) in [7, 11) is 0. The molecule has 0 saturated carbocycles. The van der Waals surface area contributed by atoms with E-state index in [4.69, 9.17) is 18.4 Å². The molecule has 0 N–H and O–H groups in total. The summed E-state index contributed by atoms with van der Waals surface area (Å²) in [6.07, 6.45) is 3.47. The minimum Gasteiger partial charge on any atom is -0.493 e. The fraction of sp³-hybridized carbons (Fsp3) is 0.200. The zero-order valence-corrected chi connectivity index (χ0v) is 15.6. The highest BCUT2D eigenvalue weighted by molar-refractivity contribution is 5.86. The molecule has 0 saturated heterocycles. The number of carbonyl (C=O) groups is 1. The average molecular weight is 394 g/mol. The monoisotopic (exact) mass is 394 g/mol. The van der Waals surface area contributed by atoms with Crippen LogP contribution in [0.5, 0.6) is 5.75 Å². The van der Waals surface area contributed by atoms with Crippen molar-refractivity contribution >= 4 is 5.97 Å². The number of furan rings is 1. The van der Waals surface area contributed by atoms with E-state index in [1.165, 1.54) is 0 Å². The van der Waals surface area contributed by atoms with Gasteiger partial charge in [0.2, 0.25) is 11.6 Å². The molecule has 1 aromatic carbocycles. The van der Waals surface area contributed by atoms with Crippen molar-refractivity contribution in [2.45, 2.75) is 20.1 Å². The number of hydrogen-bond acceptors (Lipinski definition) is 8. The Balaban J connectivity index is 1.38.